The van der Waals surface area contributed by atoms with Crippen LogP contribution in [0.25, 0.3) is 0 Å². The van der Waals surface area contributed by atoms with Gasteiger partial charge in [-0.3, -0.25) is 4.68 Å². The standard InChI is InChI=1S/C12H15BrN4O2S/c13-10-3-4-11(14)12(9-10)20(18,19)16-6-2-8-17-7-1-5-15-17/h1,3-5,7,9,16H,2,6,8,14H2. The van der Waals surface area contributed by atoms with Gasteiger partial charge in [0.15, 0.2) is 0 Å². The fourth-order valence-corrected chi connectivity index (χ4v) is 3.44. The lowest BCUT2D eigenvalue weighted by Crippen LogP contribution is -2.26. The van der Waals surface area contributed by atoms with Crippen molar-refractivity contribution in [1.82, 2.24) is 14.5 Å². The van der Waals surface area contributed by atoms with Crippen LogP contribution >= 0.6 is 15.9 Å². The van der Waals surface area contributed by atoms with Gasteiger partial charge in [-0.25, -0.2) is 13.1 Å². The van der Waals surface area contributed by atoms with Crippen molar-refractivity contribution >= 4 is 31.6 Å². The number of nitrogen functional groups attached to an aromatic ring is 1. The molecule has 0 atom stereocenters. The molecule has 6 nitrogen and oxygen atoms in total. The number of aryl methyl sites for hydroxylation is 1. The number of rotatable bonds is 6. The second-order valence-electron chi connectivity index (χ2n) is 4.20. The van der Waals surface area contributed by atoms with Crippen LogP contribution in [0, 0.1) is 0 Å². The Hall–Kier alpha value is -1.38. The zero-order chi connectivity index (χ0) is 14.6. The average molecular weight is 359 g/mol. The van der Waals surface area contributed by atoms with E-state index in [0.717, 1.165) is 0 Å². The van der Waals surface area contributed by atoms with Gasteiger partial charge in [0.2, 0.25) is 10.0 Å². The van der Waals surface area contributed by atoms with Gasteiger partial charge in [-0.15, -0.1) is 0 Å². The Balaban J connectivity index is 1.95. The van der Waals surface area contributed by atoms with Gasteiger partial charge in [0, 0.05) is 30.0 Å². The van der Waals surface area contributed by atoms with E-state index in [0.29, 0.717) is 24.0 Å². The first kappa shape index (κ1) is 15.0. The third-order valence-corrected chi connectivity index (χ3v) is 4.69. The van der Waals surface area contributed by atoms with Crippen molar-refractivity contribution in [3.63, 3.8) is 0 Å². The highest BCUT2D eigenvalue weighted by Gasteiger charge is 2.17. The van der Waals surface area contributed by atoms with E-state index in [9.17, 15) is 8.42 Å². The van der Waals surface area contributed by atoms with E-state index in [2.05, 4.69) is 25.8 Å². The molecule has 8 heteroatoms. The first-order valence-corrected chi connectivity index (χ1v) is 8.29. The third-order valence-electron chi connectivity index (χ3n) is 2.68. The van der Waals surface area contributed by atoms with Crippen LogP contribution in [0.3, 0.4) is 0 Å². The summed E-state index contributed by atoms with van der Waals surface area (Å²) in [6, 6.07) is 6.58. The van der Waals surface area contributed by atoms with Gasteiger partial charge in [-0.2, -0.15) is 5.10 Å². The number of nitrogens with two attached hydrogens (primary N) is 1. The molecule has 1 aromatic carbocycles. The smallest absolute Gasteiger partial charge is 0.242 e. The summed E-state index contributed by atoms with van der Waals surface area (Å²) in [5.74, 6) is 0. The number of benzene rings is 1. The molecule has 0 saturated carbocycles. The number of nitrogens with one attached hydrogen (secondary N) is 1. The van der Waals surface area contributed by atoms with Crippen LogP contribution in [0.5, 0.6) is 0 Å². The van der Waals surface area contributed by atoms with E-state index in [1.165, 1.54) is 6.07 Å². The van der Waals surface area contributed by atoms with Crippen LogP contribution in [0.1, 0.15) is 6.42 Å². The van der Waals surface area contributed by atoms with Gasteiger partial charge in [0.25, 0.3) is 0 Å². The molecule has 0 aliphatic carbocycles. The van der Waals surface area contributed by atoms with Crippen molar-refractivity contribution in [3.8, 4) is 0 Å². The van der Waals surface area contributed by atoms with Crippen LogP contribution in [0.15, 0.2) is 46.0 Å². The minimum absolute atomic E-state index is 0.0889. The van der Waals surface area contributed by atoms with Crippen molar-refractivity contribution in [2.75, 3.05) is 12.3 Å². The molecule has 0 aliphatic rings. The molecule has 1 aromatic heterocycles. The predicted molar refractivity (Wildman–Crippen MR) is 80.6 cm³/mol. The molecule has 0 unspecified atom stereocenters. The maximum absolute atomic E-state index is 12.1. The monoisotopic (exact) mass is 358 g/mol. The molecule has 0 amide bonds. The van der Waals surface area contributed by atoms with E-state index in [1.54, 1.807) is 23.0 Å². The molecule has 0 radical (unpaired) electrons. The second kappa shape index (κ2) is 6.38. The molecule has 0 spiro atoms. The van der Waals surface area contributed by atoms with Crippen molar-refractivity contribution < 1.29 is 8.42 Å². The van der Waals surface area contributed by atoms with Crippen molar-refractivity contribution in [1.29, 1.82) is 0 Å². The van der Waals surface area contributed by atoms with Gasteiger partial charge in [0.05, 0.1) is 5.69 Å². The maximum atomic E-state index is 12.1. The molecule has 1 heterocycles. The lowest BCUT2D eigenvalue weighted by atomic mass is 10.3. The van der Waals surface area contributed by atoms with E-state index in [-0.39, 0.29) is 10.6 Å². The first-order valence-electron chi connectivity index (χ1n) is 6.01. The van der Waals surface area contributed by atoms with E-state index < -0.39 is 10.0 Å². The number of sulfonamides is 1. The van der Waals surface area contributed by atoms with E-state index >= 15 is 0 Å². The Morgan fingerprint density at radius 1 is 1.40 bits per heavy atom. The molecule has 2 aromatic rings. The normalized spacial score (nSPS) is 11.7. The topological polar surface area (TPSA) is 90.0 Å². The SMILES string of the molecule is Nc1ccc(Br)cc1S(=O)(=O)NCCCn1cccn1. The lowest BCUT2D eigenvalue weighted by molar-refractivity contribution is 0.553. The zero-order valence-corrected chi connectivity index (χ0v) is 13.1. The molecule has 0 bridgehead atoms. The van der Waals surface area contributed by atoms with Gasteiger partial charge < -0.3 is 5.73 Å². The lowest BCUT2D eigenvalue weighted by Gasteiger charge is -2.09. The Morgan fingerprint density at radius 2 is 2.20 bits per heavy atom. The fraction of sp³-hybridized carbons (Fsp3) is 0.250. The minimum atomic E-state index is -3.59. The highest BCUT2D eigenvalue weighted by Crippen LogP contribution is 2.22. The van der Waals surface area contributed by atoms with E-state index in [1.807, 2.05) is 12.3 Å². The van der Waals surface area contributed by atoms with Crippen molar-refractivity contribution in [2.45, 2.75) is 17.9 Å². The van der Waals surface area contributed by atoms with Crippen LogP contribution in [0.4, 0.5) is 5.69 Å². The largest absolute Gasteiger partial charge is 0.398 e. The van der Waals surface area contributed by atoms with E-state index in [4.69, 9.17) is 5.73 Å². The zero-order valence-electron chi connectivity index (χ0n) is 10.7. The summed E-state index contributed by atoms with van der Waals surface area (Å²) in [7, 11) is -3.59. The number of anilines is 1. The summed E-state index contributed by atoms with van der Waals surface area (Å²) in [5.41, 5.74) is 5.93. The Bertz CT molecular complexity index is 671. The van der Waals surface area contributed by atoms with Gasteiger partial charge in [-0.1, -0.05) is 15.9 Å². The molecule has 0 saturated heterocycles. The maximum Gasteiger partial charge on any atom is 0.242 e. The quantitative estimate of drug-likeness (QED) is 0.606. The van der Waals surface area contributed by atoms with Crippen LogP contribution in [0.2, 0.25) is 0 Å². The van der Waals surface area contributed by atoms with Crippen molar-refractivity contribution in [2.24, 2.45) is 0 Å². The van der Waals surface area contributed by atoms with Gasteiger partial charge in [-0.05, 0) is 30.7 Å². The summed E-state index contributed by atoms with van der Waals surface area (Å²) in [6.07, 6.45) is 4.17. The minimum Gasteiger partial charge on any atom is -0.398 e. The summed E-state index contributed by atoms with van der Waals surface area (Å²) in [4.78, 5) is 0.0889. The number of aromatic nitrogens is 2. The molecule has 20 heavy (non-hydrogen) atoms. The Morgan fingerprint density at radius 3 is 2.90 bits per heavy atom. The summed E-state index contributed by atoms with van der Waals surface area (Å²) in [6.45, 7) is 0.984. The highest BCUT2D eigenvalue weighted by molar-refractivity contribution is 9.10. The number of halogens is 1. The average Bonchev–Trinajstić information content (AvgIpc) is 2.90. The predicted octanol–water partition coefficient (Wildman–Crippen LogP) is 1.60. The Labute approximate surface area is 126 Å². The van der Waals surface area contributed by atoms with Gasteiger partial charge in [0.1, 0.15) is 4.90 Å². The molecule has 0 fully saturated rings. The van der Waals surface area contributed by atoms with Crippen LogP contribution in [-0.4, -0.2) is 24.7 Å². The summed E-state index contributed by atoms with van der Waals surface area (Å²) in [5, 5.41) is 4.05. The number of hydrogen-bond donors (Lipinski definition) is 2. The fourth-order valence-electron chi connectivity index (χ4n) is 1.70. The second-order valence-corrected chi connectivity index (χ2v) is 6.85. The highest BCUT2D eigenvalue weighted by atomic mass is 79.9. The summed E-state index contributed by atoms with van der Waals surface area (Å²) < 4.78 is 29.2. The third kappa shape index (κ3) is 3.81. The molecular formula is C12H15BrN4O2S. The van der Waals surface area contributed by atoms with Gasteiger partial charge >= 0.3 is 0 Å². The molecule has 108 valence electrons. The first-order chi connectivity index (χ1) is 9.49. The molecule has 3 N–H and O–H groups in total. The van der Waals surface area contributed by atoms with Crippen LogP contribution < -0.4 is 10.5 Å². The number of nitrogens with zero attached hydrogens (tertiary/aromatic N) is 2. The Kier molecular flexibility index (Phi) is 4.79. The molecular weight excluding hydrogens is 344 g/mol. The number of hydrogen-bond acceptors (Lipinski definition) is 4. The summed E-state index contributed by atoms with van der Waals surface area (Å²) >= 11 is 3.24. The molecule has 0 aliphatic heterocycles. The van der Waals surface area contributed by atoms with Crippen molar-refractivity contribution in [3.05, 3.63) is 41.1 Å². The molecule has 2 rings (SSSR count). The van der Waals surface area contributed by atoms with Crippen LogP contribution in [-0.2, 0) is 16.6 Å².